The van der Waals surface area contributed by atoms with Crippen molar-refractivity contribution in [3.8, 4) is 0 Å². The number of benzene rings is 1. The van der Waals surface area contributed by atoms with Gasteiger partial charge in [0.15, 0.2) is 0 Å². The zero-order valence-electron chi connectivity index (χ0n) is 13.6. The van der Waals surface area contributed by atoms with Crippen molar-refractivity contribution < 1.29 is 14.7 Å². The van der Waals surface area contributed by atoms with E-state index in [1.54, 1.807) is 13.1 Å². The fourth-order valence-corrected chi connectivity index (χ4v) is 4.80. The van der Waals surface area contributed by atoms with Gasteiger partial charge in [0.25, 0.3) is 5.91 Å². The summed E-state index contributed by atoms with van der Waals surface area (Å²) in [6, 6.07) is 10.8. The third kappa shape index (κ3) is 3.90. The van der Waals surface area contributed by atoms with Crippen molar-refractivity contribution in [2.75, 3.05) is 5.75 Å². The number of hydrogen-bond acceptors (Lipinski definition) is 4. The Morgan fingerprint density at radius 3 is 2.68 bits per heavy atom. The molecule has 2 atom stereocenters. The van der Waals surface area contributed by atoms with E-state index in [-0.39, 0.29) is 11.3 Å². The number of aryl methyl sites for hydroxylation is 2. The first kappa shape index (κ1) is 18.0. The molecule has 25 heavy (non-hydrogen) atoms. The molecular weight excluding hydrogens is 406 g/mol. The zero-order chi connectivity index (χ0) is 18.0. The number of nitrogens with zero attached hydrogens (tertiary/aromatic N) is 3. The van der Waals surface area contributed by atoms with E-state index in [4.69, 9.17) is 0 Å². The first-order valence-electron chi connectivity index (χ1n) is 7.88. The number of halogens is 1. The van der Waals surface area contributed by atoms with Crippen LogP contribution in [0.1, 0.15) is 22.5 Å². The number of carbonyl (C=O) groups excluding carboxylic acids is 1. The largest absolute Gasteiger partial charge is 0.480 e. The van der Waals surface area contributed by atoms with E-state index in [1.807, 2.05) is 30.3 Å². The zero-order valence-corrected chi connectivity index (χ0v) is 16.0. The normalized spacial score (nSPS) is 20.0. The monoisotopic (exact) mass is 423 g/mol. The summed E-state index contributed by atoms with van der Waals surface area (Å²) in [5.41, 5.74) is 1.56. The molecule has 1 amide bonds. The molecule has 3 rings (SSSR count). The van der Waals surface area contributed by atoms with Gasteiger partial charge in [0.2, 0.25) is 0 Å². The van der Waals surface area contributed by atoms with Crippen LogP contribution in [0, 0.1) is 0 Å². The van der Waals surface area contributed by atoms with E-state index in [1.165, 1.54) is 26.9 Å². The Hall–Kier alpha value is -1.80. The first-order valence-corrected chi connectivity index (χ1v) is 9.72. The molecule has 1 saturated heterocycles. The van der Waals surface area contributed by atoms with Crippen LogP contribution < -0.4 is 0 Å². The number of rotatable bonds is 5. The minimum Gasteiger partial charge on any atom is -0.480 e. The summed E-state index contributed by atoms with van der Waals surface area (Å²) in [7, 11) is 1.68. The van der Waals surface area contributed by atoms with Gasteiger partial charge < -0.3 is 10.0 Å². The second-order valence-electron chi connectivity index (χ2n) is 5.85. The Balaban J connectivity index is 1.81. The molecule has 1 aromatic heterocycles. The van der Waals surface area contributed by atoms with Crippen molar-refractivity contribution in [1.82, 2.24) is 14.7 Å². The molecule has 6 nitrogen and oxygen atoms in total. The Labute approximate surface area is 158 Å². The molecule has 0 bridgehead atoms. The predicted octanol–water partition coefficient (Wildman–Crippen LogP) is 2.78. The van der Waals surface area contributed by atoms with Gasteiger partial charge in [-0.05, 0) is 34.3 Å². The molecule has 0 aliphatic carbocycles. The van der Waals surface area contributed by atoms with Crippen LogP contribution in [0.5, 0.6) is 0 Å². The molecule has 0 saturated carbocycles. The maximum Gasteiger partial charge on any atom is 0.327 e. The van der Waals surface area contributed by atoms with Gasteiger partial charge in [0, 0.05) is 18.9 Å². The quantitative estimate of drug-likeness (QED) is 0.799. The fourth-order valence-electron chi connectivity index (χ4n) is 2.95. The Morgan fingerprint density at radius 1 is 1.36 bits per heavy atom. The minimum atomic E-state index is -0.968. The standard InChI is InChI=1S/C17H18BrN3O3S/c1-20-12(9-14(18)19-20)16(22)21-13(17(23)24)10-25-15(21)8-7-11-5-3-2-4-6-11/h2-6,9,13,15H,7-8,10H2,1H3,(H,23,24). The number of carbonyl (C=O) groups is 2. The molecule has 1 N–H and O–H groups in total. The summed E-state index contributed by atoms with van der Waals surface area (Å²) in [5.74, 6) is -0.861. The molecule has 1 aliphatic rings. The summed E-state index contributed by atoms with van der Waals surface area (Å²) < 4.78 is 2.03. The molecule has 2 heterocycles. The van der Waals surface area contributed by atoms with E-state index < -0.39 is 12.0 Å². The van der Waals surface area contributed by atoms with Gasteiger partial charge in [-0.1, -0.05) is 30.3 Å². The number of hydrogen-bond donors (Lipinski definition) is 1. The van der Waals surface area contributed by atoms with Gasteiger partial charge in [0.05, 0.1) is 5.37 Å². The van der Waals surface area contributed by atoms with E-state index in [2.05, 4.69) is 21.0 Å². The molecule has 2 aromatic rings. The highest BCUT2D eigenvalue weighted by molar-refractivity contribution is 9.10. The van der Waals surface area contributed by atoms with Gasteiger partial charge in [-0.15, -0.1) is 11.8 Å². The maximum atomic E-state index is 13.0. The van der Waals surface area contributed by atoms with Gasteiger partial charge in [-0.2, -0.15) is 5.10 Å². The van der Waals surface area contributed by atoms with E-state index in [9.17, 15) is 14.7 Å². The van der Waals surface area contributed by atoms with Crippen molar-refractivity contribution in [2.24, 2.45) is 7.05 Å². The number of carboxylic acids is 1. The van der Waals surface area contributed by atoms with Crippen LogP contribution in [0.15, 0.2) is 41.0 Å². The van der Waals surface area contributed by atoms with Crippen LogP contribution in [-0.4, -0.2) is 48.8 Å². The molecule has 8 heteroatoms. The average molecular weight is 424 g/mol. The van der Waals surface area contributed by atoms with Crippen LogP contribution in [-0.2, 0) is 18.3 Å². The number of amides is 1. The van der Waals surface area contributed by atoms with Crippen molar-refractivity contribution in [3.63, 3.8) is 0 Å². The molecule has 1 aliphatic heterocycles. The summed E-state index contributed by atoms with van der Waals surface area (Å²) >= 11 is 4.78. The molecule has 132 valence electrons. The van der Waals surface area contributed by atoms with Crippen LogP contribution in [0.2, 0.25) is 0 Å². The molecular formula is C17H18BrN3O3S. The van der Waals surface area contributed by atoms with E-state index in [0.29, 0.717) is 22.5 Å². The van der Waals surface area contributed by atoms with Gasteiger partial charge >= 0.3 is 5.97 Å². The summed E-state index contributed by atoms with van der Waals surface area (Å²) in [5, 5.41) is 13.5. The number of aromatic nitrogens is 2. The lowest BCUT2D eigenvalue weighted by Gasteiger charge is -2.27. The van der Waals surface area contributed by atoms with Crippen molar-refractivity contribution in [2.45, 2.75) is 24.3 Å². The molecule has 0 spiro atoms. The SMILES string of the molecule is Cn1nc(Br)cc1C(=O)N1C(CCc2ccccc2)SCC1C(=O)O. The van der Waals surface area contributed by atoms with Crippen LogP contribution in [0.3, 0.4) is 0 Å². The van der Waals surface area contributed by atoms with Crippen molar-refractivity contribution in [3.05, 3.63) is 52.3 Å². The highest BCUT2D eigenvalue weighted by atomic mass is 79.9. The molecule has 1 aromatic carbocycles. The lowest BCUT2D eigenvalue weighted by molar-refractivity contribution is -0.141. The average Bonchev–Trinajstić information content (AvgIpc) is 3.16. The number of carboxylic acid groups (broad SMARTS) is 1. The third-order valence-electron chi connectivity index (χ3n) is 4.20. The second kappa shape index (κ2) is 7.61. The van der Waals surface area contributed by atoms with Crippen LogP contribution in [0.4, 0.5) is 0 Å². The molecule has 1 fully saturated rings. The Morgan fingerprint density at radius 2 is 2.08 bits per heavy atom. The molecule has 2 unspecified atom stereocenters. The Bertz CT molecular complexity index is 781. The van der Waals surface area contributed by atoms with E-state index >= 15 is 0 Å². The van der Waals surface area contributed by atoms with Gasteiger partial charge in [0.1, 0.15) is 16.3 Å². The predicted molar refractivity (Wildman–Crippen MR) is 99.5 cm³/mol. The summed E-state index contributed by atoms with van der Waals surface area (Å²) in [6.45, 7) is 0. The maximum absolute atomic E-state index is 13.0. The summed E-state index contributed by atoms with van der Waals surface area (Å²) in [4.78, 5) is 26.1. The number of aliphatic carboxylic acids is 1. The minimum absolute atomic E-state index is 0.164. The van der Waals surface area contributed by atoms with Crippen LogP contribution >= 0.6 is 27.7 Å². The fraction of sp³-hybridized carbons (Fsp3) is 0.353. The highest BCUT2D eigenvalue weighted by Gasteiger charge is 2.42. The number of thioether (sulfide) groups is 1. The Kier molecular flexibility index (Phi) is 5.48. The smallest absolute Gasteiger partial charge is 0.327 e. The van der Waals surface area contributed by atoms with Gasteiger partial charge in [-0.3, -0.25) is 9.48 Å². The lowest BCUT2D eigenvalue weighted by Crippen LogP contribution is -2.46. The van der Waals surface area contributed by atoms with Crippen molar-refractivity contribution >= 4 is 39.6 Å². The summed E-state index contributed by atoms with van der Waals surface area (Å²) in [6.07, 6.45) is 1.51. The lowest BCUT2D eigenvalue weighted by atomic mass is 10.1. The highest BCUT2D eigenvalue weighted by Crippen LogP contribution is 2.34. The van der Waals surface area contributed by atoms with Gasteiger partial charge in [-0.25, -0.2) is 4.79 Å². The topological polar surface area (TPSA) is 75.4 Å². The van der Waals surface area contributed by atoms with E-state index in [0.717, 1.165) is 6.42 Å². The third-order valence-corrected chi connectivity index (χ3v) is 5.95. The molecule has 0 radical (unpaired) electrons. The van der Waals surface area contributed by atoms with Crippen LogP contribution in [0.25, 0.3) is 0 Å². The van der Waals surface area contributed by atoms with Crippen molar-refractivity contribution in [1.29, 1.82) is 0 Å². The first-order chi connectivity index (χ1) is 12.0. The second-order valence-corrected chi connectivity index (χ2v) is 7.88.